The lowest BCUT2D eigenvalue weighted by Gasteiger charge is -2.06. The van der Waals surface area contributed by atoms with Crippen LogP contribution in [0.5, 0.6) is 0 Å². The van der Waals surface area contributed by atoms with Crippen LogP contribution in [0.4, 0.5) is 0 Å². The number of aromatic nitrogens is 6. The second-order valence-electron chi connectivity index (χ2n) is 4.80. The van der Waals surface area contributed by atoms with Crippen LogP contribution in [0.2, 0.25) is 0 Å². The highest BCUT2D eigenvalue weighted by Gasteiger charge is 2.13. The molecule has 0 unspecified atom stereocenters. The van der Waals surface area contributed by atoms with Crippen LogP contribution in [0.15, 0.2) is 18.5 Å². The summed E-state index contributed by atoms with van der Waals surface area (Å²) in [5.74, 6) is 0. The van der Waals surface area contributed by atoms with Gasteiger partial charge in [0.15, 0.2) is 10.4 Å². The van der Waals surface area contributed by atoms with E-state index in [9.17, 15) is 0 Å². The van der Waals surface area contributed by atoms with Gasteiger partial charge in [0.05, 0.1) is 5.69 Å². The number of aryl methyl sites for hydroxylation is 4. The zero-order valence-corrected chi connectivity index (χ0v) is 12.5. The van der Waals surface area contributed by atoms with Crippen molar-refractivity contribution in [1.82, 2.24) is 29.1 Å². The number of hydrogen-bond donors (Lipinski definition) is 1. The van der Waals surface area contributed by atoms with Gasteiger partial charge in [0, 0.05) is 32.0 Å². The summed E-state index contributed by atoms with van der Waals surface area (Å²) in [6.45, 7) is 6.70. The molecule has 0 aliphatic heterocycles. The van der Waals surface area contributed by atoms with Gasteiger partial charge in [-0.15, -0.1) is 0 Å². The van der Waals surface area contributed by atoms with Crippen LogP contribution in [-0.4, -0.2) is 29.1 Å². The Morgan fingerprint density at radius 1 is 1.35 bits per heavy atom. The maximum absolute atomic E-state index is 5.43. The van der Waals surface area contributed by atoms with Crippen LogP contribution in [-0.2, 0) is 19.6 Å². The Labute approximate surface area is 122 Å². The van der Waals surface area contributed by atoms with Crippen molar-refractivity contribution in [2.24, 2.45) is 0 Å². The minimum absolute atomic E-state index is 0.767. The van der Waals surface area contributed by atoms with Crippen molar-refractivity contribution in [3.8, 4) is 0 Å². The van der Waals surface area contributed by atoms with Gasteiger partial charge in [0.1, 0.15) is 5.52 Å². The van der Waals surface area contributed by atoms with Crippen LogP contribution >= 0.6 is 12.2 Å². The summed E-state index contributed by atoms with van der Waals surface area (Å²) in [5.41, 5.74) is 3.14. The highest BCUT2D eigenvalue weighted by Crippen LogP contribution is 2.18. The average Bonchev–Trinajstić information content (AvgIpc) is 3.11. The van der Waals surface area contributed by atoms with Gasteiger partial charge in [-0.2, -0.15) is 10.2 Å². The number of aromatic amines is 1. The smallest absolute Gasteiger partial charge is 0.179 e. The van der Waals surface area contributed by atoms with E-state index >= 15 is 0 Å². The lowest BCUT2D eigenvalue weighted by molar-refractivity contribution is 0.521. The Hall–Kier alpha value is -1.89. The predicted octanol–water partition coefficient (Wildman–Crippen LogP) is 2.51. The van der Waals surface area contributed by atoms with E-state index < -0.39 is 0 Å². The van der Waals surface area contributed by atoms with Crippen LogP contribution in [0.1, 0.15) is 19.0 Å². The number of hydrogen-bond acceptors (Lipinski definition) is 3. The van der Waals surface area contributed by atoms with Crippen LogP contribution in [0.25, 0.3) is 11.2 Å². The van der Waals surface area contributed by atoms with Gasteiger partial charge < -0.3 is 9.55 Å². The molecule has 7 heteroatoms. The van der Waals surface area contributed by atoms with Gasteiger partial charge in [-0.05, 0) is 38.6 Å². The lowest BCUT2D eigenvalue weighted by atomic mass is 10.4. The summed E-state index contributed by atoms with van der Waals surface area (Å²) in [5, 5.41) is 8.74. The zero-order valence-electron chi connectivity index (χ0n) is 11.7. The van der Waals surface area contributed by atoms with Crippen molar-refractivity contribution in [3.63, 3.8) is 0 Å². The number of nitrogens with one attached hydrogen (secondary N) is 1. The van der Waals surface area contributed by atoms with Crippen LogP contribution in [0, 0.1) is 11.7 Å². The Morgan fingerprint density at radius 2 is 2.20 bits per heavy atom. The Morgan fingerprint density at radius 3 is 2.90 bits per heavy atom. The molecule has 0 saturated carbocycles. The molecular weight excluding hydrogens is 272 g/mol. The fourth-order valence-electron chi connectivity index (χ4n) is 2.51. The number of fused-ring (bicyclic) bond motifs is 1. The minimum Gasteiger partial charge on any atom is -0.328 e. The molecule has 0 atom stereocenters. The fourth-order valence-corrected chi connectivity index (χ4v) is 2.79. The third kappa shape index (κ3) is 2.18. The topological polar surface area (TPSA) is 56.4 Å². The third-order valence-corrected chi connectivity index (χ3v) is 3.78. The molecule has 0 aromatic carbocycles. The van der Waals surface area contributed by atoms with Gasteiger partial charge in [-0.1, -0.05) is 0 Å². The summed E-state index contributed by atoms with van der Waals surface area (Å²) in [7, 11) is 0. The van der Waals surface area contributed by atoms with Crippen molar-refractivity contribution in [2.45, 2.75) is 39.9 Å². The minimum atomic E-state index is 0.767. The molecule has 3 rings (SSSR count). The number of nitrogens with zero attached hydrogens (tertiary/aromatic N) is 5. The normalized spacial score (nSPS) is 11.5. The first-order chi connectivity index (χ1) is 9.70. The molecule has 106 valence electrons. The highest BCUT2D eigenvalue weighted by molar-refractivity contribution is 7.71. The first-order valence-corrected chi connectivity index (χ1v) is 7.25. The van der Waals surface area contributed by atoms with E-state index in [-0.39, 0.29) is 0 Å². The summed E-state index contributed by atoms with van der Waals surface area (Å²) >= 11 is 5.43. The number of imidazole rings is 1. The van der Waals surface area contributed by atoms with Gasteiger partial charge >= 0.3 is 0 Å². The van der Waals surface area contributed by atoms with Crippen LogP contribution < -0.4 is 0 Å². The Kier molecular flexibility index (Phi) is 3.43. The quantitative estimate of drug-likeness (QED) is 0.735. The van der Waals surface area contributed by atoms with E-state index in [2.05, 4.69) is 26.7 Å². The van der Waals surface area contributed by atoms with Crippen molar-refractivity contribution in [2.75, 3.05) is 0 Å². The van der Waals surface area contributed by atoms with Gasteiger partial charge in [-0.25, -0.2) is 4.68 Å². The molecule has 3 heterocycles. The molecule has 6 nitrogen and oxygen atoms in total. The van der Waals surface area contributed by atoms with Gasteiger partial charge in [0.25, 0.3) is 0 Å². The van der Waals surface area contributed by atoms with E-state index in [1.165, 1.54) is 0 Å². The first kappa shape index (κ1) is 13.1. The van der Waals surface area contributed by atoms with Crippen molar-refractivity contribution in [3.05, 3.63) is 28.9 Å². The molecule has 0 fully saturated rings. The number of H-pyrrole nitrogens is 1. The molecule has 0 aliphatic rings. The zero-order chi connectivity index (χ0) is 14.1. The monoisotopic (exact) mass is 290 g/mol. The summed E-state index contributed by atoms with van der Waals surface area (Å²) < 4.78 is 6.85. The van der Waals surface area contributed by atoms with Crippen LogP contribution in [0.3, 0.4) is 0 Å². The third-order valence-electron chi connectivity index (χ3n) is 3.46. The van der Waals surface area contributed by atoms with E-state index in [0.29, 0.717) is 0 Å². The van der Waals surface area contributed by atoms with E-state index in [4.69, 9.17) is 12.2 Å². The standard InChI is InChI=1S/C13H18N6S/c1-3-19-12-11(10(2)16-19)15-13(20)18(12)9-5-8-17-7-4-6-14-17/h4,6-7H,3,5,8-9H2,1-2H3,(H,15,20). The van der Waals surface area contributed by atoms with Gasteiger partial charge in [0.2, 0.25) is 0 Å². The van der Waals surface area contributed by atoms with E-state index in [1.807, 2.05) is 28.6 Å². The summed E-state index contributed by atoms with van der Waals surface area (Å²) in [4.78, 5) is 3.27. The Bertz CT molecular complexity index is 761. The van der Waals surface area contributed by atoms with E-state index in [1.54, 1.807) is 6.20 Å². The second-order valence-corrected chi connectivity index (χ2v) is 5.19. The summed E-state index contributed by atoms with van der Waals surface area (Å²) in [6, 6.07) is 1.94. The molecule has 0 amide bonds. The maximum atomic E-state index is 5.43. The average molecular weight is 290 g/mol. The predicted molar refractivity (Wildman–Crippen MR) is 80.2 cm³/mol. The highest BCUT2D eigenvalue weighted by atomic mass is 32.1. The Balaban J connectivity index is 1.86. The molecule has 0 aliphatic carbocycles. The molecule has 0 bridgehead atoms. The largest absolute Gasteiger partial charge is 0.328 e. The SMILES string of the molecule is CCn1nc(C)c2[nH]c(=S)n(CCCn3cccn3)c21. The van der Waals surface area contributed by atoms with Crippen molar-refractivity contribution in [1.29, 1.82) is 0 Å². The molecule has 0 radical (unpaired) electrons. The summed E-state index contributed by atoms with van der Waals surface area (Å²) in [6.07, 6.45) is 4.76. The van der Waals surface area contributed by atoms with E-state index in [0.717, 1.165) is 47.7 Å². The molecule has 3 aromatic rings. The second kappa shape index (κ2) is 5.24. The molecule has 1 N–H and O–H groups in total. The fraction of sp³-hybridized carbons (Fsp3) is 0.462. The lowest BCUT2D eigenvalue weighted by Crippen LogP contribution is -2.08. The first-order valence-electron chi connectivity index (χ1n) is 6.84. The molecule has 0 spiro atoms. The van der Waals surface area contributed by atoms with Crippen molar-refractivity contribution >= 4 is 23.4 Å². The van der Waals surface area contributed by atoms with Gasteiger partial charge in [-0.3, -0.25) is 4.68 Å². The van der Waals surface area contributed by atoms with Crippen molar-refractivity contribution < 1.29 is 0 Å². The molecule has 3 aromatic heterocycles. The number of rotatable bonds is 5. The molecule has 20 heavy (non-hydrogen) atoms. The molecular formula is C13H18N6S. The maximum Gasteiger partial charge on any atom is 0.179 e. The molecule has 0 saturated heterocycles.